The number of nitrogens with one attached hydrogen (secondary N) is 2. The summed E-state index contributed by atoms with van der Waals surface area (Å²) in [6, 6.07) is 12.8. The van der Waals surface area contributed by atoms with Crippen LogP contribution in [0.5, 0.6) is 11.5 Å². The zero-order valence-electron chi connectivity index (χ0n) is 16.0. The lowest BCUT2D eigenvalue weighted by Gasteiger charge is -2.10. The number of benzene rings is 2. The lowest BCUT2D eigenvalue weighted by Crippen LogP contribution is -2.28. The van der Waals surface area contributed by atoms with Gasteiger partial charge in [-0.1, -0.05) is 17.7 Å². The molecule has 0 aliphatic carbocycles. The zero-order chi connectivity index (χ0) is 19.6. The largest absolute Gasteiger partial charge is 0.493 e. The number of anilines is 1. The molecule has 27 heavy (non-hydrogen) atoms. The van der Waals surface area contributed by atoms with Crippen molar-refractivity contribution in [1.82, 2.24) is 5.32 Å². The standard InChI is InChI=1S/C21H26N2O4/c1-4-22-21(25)14-27-18-8-6-17(7-9-18)23-20(24)11-12-26-19-10-5-15(2)13-16(19)3/h5-10,13H,4,11-12,14H2,1-3H3,(H,22,25)(H,23,24). The molecular formula is C21H26N2O4. The predicted molar refractivity (Wildman–Crippen MR) is 105 cm³/mol. The van der Waals surface area contributed by atoms with Crippen molar-refractivity contribution in [3.63, 3.8) is 0 Å². The van der Waals surface area contributed by atoms with Gasteiger partial charge < -0.3 is 20.1 Å². The summed E-state index contributed by atoms with van der Waals surface area (Å²) in [4.78, 5) is 23.4. The highest BCUT2D eigenvalue weighted by Crippen LogP contribution is 2.19. The van der Waals surface area contributed by atoms with Gasteiger partial charge in [-0.3, -0.25) is 9.59 Å². The number of aryl methyl sites for hydroxylation is 2. The fourth-order valence-electron chi connectivity index (χ4n) is 2.47. The topological polar surface area (TPSA) is 76.7 Å². The molecule has 0 aromatic heterocycles. The predicted octanol–water partition coefficient (Wildman–Crippen LogP) is 3.23. The Bertz CT molecular complexity index is 772. The van der Waals surface area contributed by atoms with Gasteiger partial charge in [0.15, 0.2) is 6.61 Å². The molecule has 144 valence electrons. The van der Waals surface area contributed by atoms with Crippen LogP contribution in [0.3, 0.4) is 0 Å². The molecule has 2 N–H and O–H groups in total. The molecular weight excluding hydrogens is 344 g/mol. The van der Waals surface area contributed by atoms with Crippen molar-refractivity contribution < 1.29 is 19.1 Å². The van der Waals surface area contributed by atoms with Crippen molar-refractivity contribution in [3.05, 3.63) is 53.6 Å². The Morgan fingerprint density at radius 1 is 0.963 bits per heavy atom. The number of amides is 2. The van der Waals surface area contributed by atoms with Gasteiger partial charge >= 0.3 is 0 Å². The average molecular weight is 370 g/mol. The number of carbonyl (C=O) groups excluding carboxylic acids is 2. The highest BCUT2D eigenvalue weighted by Gasteiger charge is 2.06. The van der Waals surface area contributed by atoms with Gasteiger partial charge in [0.1, 0.15) is 11.5 Å². The molecule has 6 heteroatoms. The Kier molecular flexibility index (Phi) is 7.67. The second kappa shape index (κ2) is 10.2. The van der Waals surface area contributed by atoms with Crippen LogP contribution in [-0.2, 0) is 9.59 Å². The van der Waals surface area contributed by atoms with Crippen molar-refractivity contribution in [2.45, 2.75) is 27.2 Å². The Balaban J connectivity index is 1.74. The molecule has 0 bridgehead atoms. The molecule has 0 unspecified atom stereocenters. The minimum Gasteiger partial charge on any atom is -0.493 e. The first-order chi connectivity index (χ1) is 13.0. The van der Waals surface area contributed by atoms with Crippen LogP contribution in [0.4, 0.5) is 5.69 Å². The molecule has 2 amide bonds. The summed E-state index contributed by atoms with van der Waals surface area (Å²) in [5.41, 5.74) is 2.89. The van der Waals surface area contributed by atoms with Crippen LogP contribution in [0, 0.1) is 13.8 Å². The molecule has 2 aromatic rings. The maximum Gasteiger partial charge on any atom is 0.257 e. The Hall–Kier alpha value is -3.02. The van der Waals surface area contributed by atoms with Crippen LogP contribution in [0.15, 0.2) is 42.5 Å². The number of rotatable bonds is 9. The summed E-state index contributed by atoms with van der Waals surface area (Å²) >= 11 is 0. The third-order valence-corrected chi connectivity index (χ3v) is 3.80. The van der Waals surface area contributed by atoms with E-state index in [2.05, 4.69) is 10.6 Å². The third kappa shape index (κ3) is 7.01. The lowest BCUT2D eigenvalue weighted by atomic mass is 10.1. The van der Waals surface area contributed by atoms with Gasteiger partial charge in [-0.2, -0.15) is 0 Å². The van der Waals surface area contributed by atoms with Gasteiger partial charge in [0, 0.05) is 12.2 Å². The average Bonchev–Trinajstić information content (AvgIpc) is 2.63. The fraction of sp³-hybridized carbons (Fsp3) is 0.333. The summed E-state index contributed by atoms with van der Waals surface area (Å²) in [7, 11) is 0. The van der Waals surface area contributed by atoms with Crippen molar-refractivity contribution in [2.75, 3.05) is 25.1 Å². The summed E-state index contributed by atoms with van der Waals surface area (Å²) in [5.74, 6) is 1.06. The highest BCUT2D eigenvalue weighted by atomic mass is 16.5. The molecule has 0 atom stereocenters. The molecule has 0 radical (unpaired) electrons. The number of hydrogen-bond donors (Lipinski definition) is 2. The van der Waals surface area contributed by atoms with E-state index in [1.807, 2.05) is 39.0 Å². The quantitative estimate of drug-likeness (QED) is 0.711. The van der Waals surface area contributed by atoms with Crippen molar-refractivity contribution in [3.8, 4) is 11.5 Å². The minimum absolute atomic E-state index is 0.0324. The van der Waals surface area contributed by atoms with E-state index < -0.39 is 0 Å². The van der Waals surface area contributed by atoms with Crippen molar-refractivity contribution >= 4 is 17.5 Å². The second-order valence-corrected chi connectivity index (χ2v) is 6.18. The number of hydrogen-bond acceptors (Lipinski definition) is 4. The minimum atomic E-state index is -0.168. The zero-order valence-corrected chi connectivity index (χ0v) is 16.0. The van der Waals surface area contributed by atoms with Gasteiger partial charge in [-0.05, 0) is 56.7 Å². The molecule has 0 fully saturated rings. The smallest absolute Gasteiger partial charge is 0.257 e. The molecule has 2 aromatic carbocycles. The first-order valence-electron chi connectivity index (χ1n) is 8.97. The summed E-state index contributed by atoms with van der Waals surface area (Å²) in [5, 5.41) is 5.47. The SMILES string of the molecule is CCNC(=O)COc1ccc(NC(=O)CCOc2ccc(C)cc2C)cc1. The van der Waals surface area contributed by atoms with Crippen LogP contribution >= 0.6 is 0 Å². The molecule has 0 aliphatic heterocycles. The van der Waals surface area contributed by atoms with E-state index in [0.717, 1.165) is 11.3 Å². The Labute approximate surface area is 159 Å². The maximum absolute atomic E-state index is 12.0. The Morgan fingerprint density at radius 2 is 1.70 bits per heavy atom. The van der Waals surface area contributed by atoms with Crippen molar-refractivity contribution in [2.24, 2.45) is 0 Å². The molecule has 0 saturated heterocycles. The third-order valence-electron chi connectivity index (χ3n) is 3.80. The molecule has 0 aliphatic rings. The number of ether oxygens (including phenoxy) is 2. The molecule has 0 saturated carbocycles. The summed E-state index contributed by atoms with van der Waals surface area (Å²) in [6.45, 7) is 6.71. The lowest BCUT2D eigenvalue weighted by molar-refractivity contribution is -0.123. The van der Waals surface area contributed by atoms with E-state index in [9.17, 15) is 9.59 Å². The van der Waals surface area contributed by atoms with Crippen LogP contribution in [0.1, 0.15) is 24.5 Å². The second-order valence-electron chi connectivity index (χ2n) is 6.18. The van der Waals surface area contributed by atoms with E-state index in [0.29, 0.717) is 24.6 Å². The summed E-state index contributed by atoms with van der Waals surface area (Å²) < 4.78 is 11.0. The first kappa shape index (κ1) is 20.3. The number of carbonyl (C=O) groups is 2. The molecule has 6 nitrogen and oxygen atoms in total. The molecule has 0 spiro atoms. The van der Waals surface area contributed by atoms with E-state index in [1.165, 1.54) is 5.56 Å². The van der Waals surface area contributed by atoms with E-state index in [4.69, 9.17) is 9.47 Å². The van der Waals surface area contributed by atoms with Gasteiger partial charge in [-0.25, -0.2) is 0 Å². The van der Waals surface area contributed by atoms with Crippen LogP contribution < -0.4 is 20.1 Å². The van der Waals surface area contributed by atoms with E-state index >= 15 is 0 Å². The van der Waals surface area contributed by atoms with E-state index in [-0.39, 0.29) is 24.8 Å². The summed E-state index contributed by atoms with van der Waals surface area (Å²) in [6.07, 6.45) is 0.253. The van der Waals surface area contributed by atoms with Gasteiger partial charge in [0.05, 0.1) is 13.0 Å². The van der Waals surface area contributed by atoms with Gasteiger partial charge in [0.25, 0.3) is 5.91 Å². The normalized spacial score (nSPS) is 10.2. The molecule has 2 rings (SSSR count). The van der Waals surface area contributed by atoms with Gasteiger partial charge in [-0.15, -0.1) is 0 Å². The Morgan fingerprint density at radius 3 is 2.37 bits per heavy atom. The monoisotopic (exact) mass is 370 g/mol. The van der Waals surface area contributed by atoms with E-state index in [1.54, 1.807) is 24.3 Å². The van der Waals surface area contributed by atoms with Crippen LogP contribution in [0.25, 0.3) is 0 Å². The maximum atomic E-state index is 12.0. The van der Waals surface area contributed by atoms with Crippen LogP contribution in [0.2, 0.25) is 0 Å². The van der Waals surface area contributed by atoms with Crippen molar-refractivity contribution in [1.29, 1.82) is 0 Å². The van der Waals surface area contributed by atoms with Crippen LogP contribution in [-0.4, -0.2) is 31.6 Å². The van der Waals surface area contributed by atoms with Gasteiger partial charge in [0.2, 0.25) is 5.91 Å². The number of likely N-dealkylation sites (N-methyl/N-ethyl adjacent to an activating group) is 1. The molecule has 0 heterocycles. The fourth-order valence-corrected chi connectivity index (χ4v) is 2.47. The first-order valence-corrected chi connectivity index (χ1v) is 8.97. The highest BCUT2D eigenvalue weighted by molar-refractivity contribution is 5.90.